The summed E-state index contributed by atoms with van der Waals surface area (Å²) in [6.45, 7) is 4.33. The molecule has 0 bridgehead atoms. The number of para-hydroxylation sites is 1. The van der Waals surface area contributed by atoms with Crippen LogP contribution in [-0.4, -0.2) is 0 Å². The molecule has 1 aromatic carbocycles. The van der Waals surface area contributed by atoms with Crippen LogP contribution in [0.1, 0.15) is 32.3 Å². The lowest BCUT2D eigenvalue weighted by atomic mass is 10.1. The van der Waals surface area contributed by atoms with Gasteiger partial charge in [-0.3, -0.25) is 0 Å². The van der Waals surface area contributed by atoms with E-state index in [4.69, 9.17) is 5.73 Å². The van der Waals surface area contributed by atoms with Crippen LogP contribution < -0.4 is 5.73 Å². The summed E-state index contributed by atoms with van der Waals surface area (Å²) in [7, 11) is 0. The van der Waals surface area contributed by atoms with Crippen LogP contribution in [0, 0.1) is 0 Å². The van der Waals surface area contributed by atoms with Gasteiger partial charge in [0.1, 0.15) is 0 Å². The molecule has 0 aliphatic heterocycles. The minimum absolute atomic E-state index is 0.859. The van der Waals surface area contributed by atoms with Crippen molar-refractivity contribution in [2.75, 3.05) is 5.73 Å². The summed E-state index contributed by atoms with van der Waals surface area (Å²) < 4.78 is 0. The Hall–Kier alpha value is -1.24. The van der Waals surface area contributed by atoms with E-state index in [9.17, 15) is 0 Å². The zero-order chi connectivity index (χ0) is 9.68. The van der Waals surface area contributed by atoms with Gasteiger partial charge in [0.25, 0.3) is 0 Å². The van der Waals surface area contributed by atoms with Crippen LogP contribution in [0.5, 0.6) is 0 Å². The van der Waals surface area contributed by atoms with Gasteiger partial charge in [0.2, 0.25) is 0 Å². The molecule has 0 radical (unpaired) electrons. The standard InChI is InChI=1S/C12H17N/c1-3-6-10(2)9-11-7-4-5-8-12(11)13/h4-5,7-9H,3,6,13H2,1-2H3/b10-9+. The van der Waals surface area contributed by atoms with E-state index < -0.39 is 0 Å². The Morgan fingerprint density at radius 3 is 2.69 bits per heavy atom. The lowest BCUT2D eigenvalue weighted by Crippen LogP contribution is -1.88. The number of benzene rings is 1. The van der Waals surface area contributed by atoms with Crippen LogP contribution in [0.3, 0.4) is 0 Å². The largest absolute Gasteiger partial charge is 0.398 e. The minimum atomic E-state index is 0.859. The quantitative estimate of drug-likeness (QED) is 0.699. The van der Waals surface area contributed by atoms with Crippen molar-refractivity contribution in [2.45, 2.75) is 26.7 Å². The zero-order valence-corrected chi connectivity index (χ0v) is 8.38. The molecule has 1 aromatic rings. The lowest BCUT2D eigenvalue weighted by Gasteiger charge is -2.01. The molecule has 0 saturated carbocycles. The highest BCUT2D eigenvalue weighted by Crippen LogP contribution is 2.16. The van der Waals surface area contributed by atoms with Gasteiger partial charge in [0.15, 0.2) is 0 Å². The van der Waals surface area contributed by atoms with Crippen molar-refractivity contribution in [3.05, 3.63) is 35.4 Å². The summed E-state index contributed by atoms with van der Waals surface area (Å²) in [5.74, 6) is 0. The molecule has 2 N–H and O–H groups in total. The van der Waals surface area contributed by atoms with Crippen molar-refractivity contribution in [1.29, 1.82) is 0 Å². The summed E-state index contributed by atoms with van der Waals surface area (Å²) >= 11 is 0. The average molecular weight is 175 g/mol. The normalized spacial score (nSPS) is 11.7. The molecule has 0 heterocycles. The maximum Gasteiger partial charge on any atom is 0.0387 e. The van der Waals surface area contributed by atoms with E-state index in [1.165, 1.54) is 12.0 Å². The number of nitrogens with two attached hydrogens (primary N) is 1. The second-order valence-electron chi connectivity index (χ2n) is 3.37. The van der Waals surface area contributed by atoms with Crippen molar-refractivity contribution in [3.8, 4) is 0 Å². The van der Waals surface area contributed by atoms with Crippen LogP contribution in [0.25, 0.3) is 6.08 Å². The van der Waals surface area contributed by atoms with Crippen LogP contribution >= 0.6 is 0 Å². The van der Waals surface area contributed by atoms with Gasteiger partial charge in [-0.25, -0.2) is 0 Å². The highest BCUT2D eigenvalue weighted by Gasteiger charge is 1.94. The van der Waals surface area contributed by atoms with Gasteiger partial charge in [0.05, 0.1) is 0 Å². The van der Waals surface area contributed by atoms with E-state index in [2.05, 4.69) is 26.0 Å². The van der Waals surface area contributed by atoms with Crippen LogP contribution in [0.2, 0.25) is 0 Å². The Morgan fingerprint density at radius 1 is 1.38 bits per heavy atom. The van der Waals surface area contributed by atoms with Crippen molar-refractivity contribution in [2.24, 2.45) is 0 Å². The number of anilines is 1. The summed E-state index contributed by atoms with van der Waals surface area (Å²) in [6.07, 6.45) is 4.50. The van der Waals surface area contributed by atoms with E-state index in [-0.39, 0.29) is 0 Å². The van der Waals surface area contributed by atoms with Crippen molar-refractivity contribution in [3.63, 3.8) is 0 Å². The molecule has 1 nitrogen and oxygen atoms in total. The van der Waals surface area contributed by atoms with Crippen molar-refractivity contribution < 1.29 is 0 Å². The summed E-state index contributed by atoms with van der Waals surface area (Å²) in [6, 6.07) is 7.96. The Labute approximate surface area is 80.3 Å². The first kappa shape index (κ1) is 9.85. The highest BCUT2D eigenvalue weighted by molar-refractivity contribution is 5.65. The number of allylic oxidation sites excluding steroid dienone is 1. The molecule has 0 spiro atoms. The van der Waals surface area contributed by atoms with Crippen molar-refractivity contribution >= 4 is 11.8 Å². The summed E-state index contributed by atoms with van der Waals surface area (Å²) in [5.41, 5.74) is 9.20. The molecule has 0 saturated heterocycles. The van der Waals surface area contributed by atoms with Gasteiger partial charge in [-0.2, -0.15) is 0 Å². The third kappa shape index (κ3) is 2.94. The van der Waals surface area contributed by atoms with Crippen LogP contribution in [0.15, 0.2) is 29.8 Å². The SMILES string of the molecule is CCC/C(C)=C/c1ccccc1N. The Bertz CT molecular complexity index is 300. The monoisotopic (exact) mass is 175 g/mol. The number of hydrogen-bond donors (Lipinski definition) is 1. The molecule has 0 fully saturated rings. The molecule has 13 heavy (non-hydrogen) atoms. The molecule has 1 heteroatoms. The van der Waals surface area contributed by atoms with Gasteiger partial charge >= 0.3 is 0 Å². The maximum atomic E-state index is 5.82. The number of nitrogen functional groups attached to an aromatic ring is 1. The first-order valence-corrected chi connectivity index (χ1v) is 4.75. The summed E-state index contributed by atoms with van der Waals surface area (Å²) in [5, 5.41) is 0. The zero-order valence-electron chi connectivity index (χ0n) is 8.38. The van der Waals surface area contributed by atoms with E-state index in [0.717, 1.165) is 17.7 Å². The average Bonchev–Trinajstić information content (AvgIpc) is 2.09. The first-order valence-electron chi connectivity index (χ1n) is 4.75. The first-order chi connectivity index (χ1) is 6.24. The third-order valence-corrected chi connectivity index (χ3v) is 2.04. The van der Waals surface area contributed by atoms with E-state index in [1.54, 1.807) is 0 Å². The molecule has 0 aliphatic rings. The van der Waals surface area contributed by atoms with Gasteiger partial charge in [0, 0.05) is 5.69 Å². The van der Waals surface area contributed by atoms with E-state index in [1.807, 2.05) is 18.2 Å². The number of hydrogen-bond acceptors (Lipinski definition) is 1. The molecule has 1 rings (SSSR count). The number of rotatable bonds is 3. The molecule has 70 valence electrons. The Morgan fingerprint density at radius 2 is 2.08 bits per heavy atom. The van der Waals surface area contributed by atoms with Gasteiger partial charge in [-0.05, 0) is 25.0 Å². The predicted molar refractivity (Wildman–Crippen MR) is 59.4 cm³/mol. The Kier molecular flexibility index (Phi) is 3.56. The molecular formula is C12H17N. The molecule has 0 aliphatic carbocycles. The molecular weight excluding hydrogens is 158 g/mol. The third-order valence-electron chi connectivity index (χ3n) is 2.04. The van der Waals surface area contributed by atoms with E-state index in [0.29, 0.717) is 0 Å². The highest BCUT2D eigenvalue weighted by atomic mass is 14.5. The van der Waals surface area contributed by atoms with E-state index >= 15 is 0 Å². The molecule has 0 aromatic heterocycles. The fourth-order valence-corrected chi connectivity index (χ4v) is 1.37. The Balaban J connectivity index is 2.84. The van der Waals surface area contributed by atoms with Gasteiger partial charge in [-0.15, -0.1) is 0 Å². The van der Waals surface area contributed by atoms with Crippen LogP contribution in [0.4, 0.5) is 5.69 Å². The van der Waals surface area contributed by atoms with Gasteiger partial charge in [-0.1, -0.05) is 43.2 Å². The second kappa shape index (κ2) is 4.70. The summed E-state index contributed by atoms with van der Waals surface area (Å²) in [4.78, 5) is 0. The smallest absolute Gasteiger partial charge is 0.0387 e. The maximum absolute atomic E-state index is 5.82. The second-order valence-corrected chi connectivity index (χ2v) is 3.37. The molecule has 0 unspecified atom stereocenters. The topological polar surface area (TPSA) is 26.0 Å². The minimum Gasteiger partial charge on any atom is -0.398 e. The van der Waals surface area contributed by atoms with Gasteiger partial charge < -0.3 is 5.73 Å². The van der Waals surface area contributed by atoms with Crippen LogP contribution in [-0.2, 0) is 0 Å². The van der Waals surface area contributed by atoms with Crippen molar-refractivity contribution in [1.82, 2.24) is 0 Å². The fourth-order valence-electron chi connectivity index (χ4n) is 1.37. The fraction of sp³-hybridized carbons (Fsp3) is 0.333. The molecule has 0 amide bonds. The lowest BCUT2D eigenvalue weighted by molar-refractivity contribution is 0.912. The molecule has 0 atom stereocenters. The predicted octanol–water partition coefficient (Wildman–Crippen LogP) is 3.47.